The summed E-state index contributed by atoms with van der Waals surface area (Å²) in [7, 11) is 0. The minimum Gasteiger partial charge on any atom is -0.478 e. The molecule has 166 valence electrons. The van der Waals surface area contributed by atoms with Crippen LogP contribution in [0.5, 0.6) is 0 Å². The molecule has 7 nitrogen and oxygen atoms in total. The maximum atomic E-state index is 12.9. The summed E-state index contributed by atoms with van der Waals surface area (Å²) in [4.78, 5) is 43.0. The van der Waals surface area contributed by atoms with Gasteiger partial charge in [0.2, 0.25) is 0 Å². The van der Waals surface area contributed by atoms with Gasteiger partial charge in [-0.25, -0.2) is 4.79 Å². The first kappa shape index (κ1) is 20.7. The number of aromatic carboxylic acids is 1. The summed E-state index contributed by atoms with van der Waals surface area (Å²) >= 11 is 0. The third-order valence-corrected chi connectivity index (χ3v) is 6.77. The normalized spacial score (nSPS) is 19.5. The number of amides is 1. The average Bonchev–Trinajstić information content (AvgIpc) is 3.31. The molecule has 0 radical (unpaired) electrons. The van der Waals surface area contributed by atoms with Gasteiger partial charge < -0.3 is 15.4 Å². The minimum atomic E-state index is -0.986. The van der Waals surface area contributed by atoms with Crippen molar-refractivity contribution in [2.75, 3.05) is 25.0 Å². The number of fused-ring (bicyclic) bond motifs is 2. The van der Waals surface area contributed by atoms with Gasteiger partial charge in [0.15, 0.2) is 5.78 Å². The lowest BCUT2D eigenvalue weighted by molar-refractivity contribution is -0.110. The monoisotopic (exact) mass is 433 g/mol. The molecular formula is C25H27N3O4. The van der Waals surface area contributed by atoms with Crippen molar-refractivity contribution in [2.24, 2.45) is 0 Å². The molecule has 2 aliphatic heterocycles. The number of carboxylic acid groups (broad SMARTS) is 1. The zero-order chi connectivity index (χ0) is 22.2. The van der Waals surface area contributed by atoms with Crippen molar-refractivity contribution >= 4 is 35.0 Å². The number of hydrogen-bond acceptors (Lipinski definition) is 4. The molecule has 1 aromatic heterocycles. The number of benzene rings is 1. The molecule has 2 aromatic rings. The van der Waals surface area contributed by atoms with Crippen LogP contribution in [0.25, 0.3) is 11.6 Å². The van der Waals surface area contributed by atoms with E-state index in [1.165, 1.54) is 6.42 Å². The van der Waals surface area contributed by atoms with Gasteiger partial charge in [-0.1, -0.05) is 6.42 Å². The van der Waals surface area contributed by atoms with E-state index in [2.05, 4.69) is 15.2 Å². The van der Waals surface area contributed by atoms with E-state index >= 15 is 0 Å². The average molecular weight is 434 g/mol. The number of H-pyrrole nitrogens is 1. The van der Waals surface area contributed by atoms with Crippen LogP contribution in [0.3, 0.4) is 0 Å². The second kappa shape index (κ2) is 8.39. The Hall–Kier alpha value is -3.19. The van der Waals surface area contributed by atoms with Gasteiger partial charge in [0.1, 0.15) is 0 Å². The number of carbonyl (C=O) groups excluding carboxylic acids is 2. The fraction of sp³-hybridized carbons (Fsp3) is 0.400. The number of Topliss-reactive ketones (excluding diaryl/α,β-unsaturated/α-hetero) is 1. The summed E-state index contributed by atoms with van der Waals surface area (Å²) in [6.07, 6.45) is 8.62. The molecule has 0 spiro atoms. The Morgan fingerprint density at radius 1 is 1.06 bits per heavy atom. The number of aromatic amines is 1. The zero-order valence-electron chi connectivity index (χ0n) is 18.0. The number of carboxylic acids is 1. The van der Waals surface area contributed by atoms with Gasteiger partial charge in [-0.3, -0.25) is 14.5 Å². The van der Waals surface area contributed by atoms with Crippen molar-refractivity contribution in [3.8, 4) is 0 Å². The van der Waals surface area contributed by atoms with Gasteiger partial charge in [-0.15, -0.1) is 0 Å². The lowest BCUT2D eigenvalue weighted by atomic mass is 9.94. The van der Waals surface area contributed by atoms with Crippen LogP contribution in [-0.4, -0.2) is 52.3 Å². The Balaban J connectivity index is 1.49. The van der Waals surface area contributed by atoms with Crippen LogP contribution in [0, 0.1) is 0 Å². The largest absolute Gasteiger partial charge is 0.478 e. The molecule has 0 atom stereocenters. The number of likely N-dealkylation sites (tertiary alicyclic amines) is 1. The molecule has 1 aromatic carbocycles. The predicted molar refractivity (Wildman–Crippen MR) is 122 cm³/mol. The van der Waals surface area contributed by atoms with Gasteiger partial charge in [0.05, 0.1) is 23.4 Å². The SMILES string of the molecule is O=C1Nc2ccc(C(=O)CN3CCCCC3)cc2C1=Cc1[nH]c2c(c1C(=O)O)CCCC2. The van der Waals surface area contributed by atoms with Gasteiger partial charge in [-0.05, 0) is 81.5 Å². The maximum Gasteiger partial charge on any atom is 0.338 e. The van der Waals surface area contributed by atoms with Gasteiger partial charge in [0.25, 0.3) is 5.91 Å². The quantitative estimate of drug-likeness (QED) is 0.492. The van der Waals surface area contributed by atoms with Gasteiger partial charge in [-0.2, -0.15) is 0 Å². The van der Waals surface area contributed by atoms with Crippen LogP contribution in [-0.2, 0) is 17.6 Å². The predicted octanol–water partition coefficient (Wildman–Crippen LogP) is 3.75. The molecule has 32 heavy (non-hydrogen) atoms. The third-order valence-electron chi connectivity index (χ3n) is 6.77. The van der Waals surface area contributed by atoms with Crippen LogP contribution in [0.1, 0.15) is 75.3 Å². The first-order valence-corrected chi connectivity index (χ1v) is 11.4. The number of aromatic nitrogens is 1. The molecule has 0 unspecified atom stereocenters. The summed E-state index contributed by atoms with van der Waals surface area (Å²) in [5, 5.41) is 12.7. The zero-order valence-corrected chi connectivity index (χ0v) is 18.0. The second-order valence-corrected chi connectivity index (χ2v) is 8.92. The first-order chi connectivity index (χ1) is 15.5. The summed E-state index contributed by atoms with van der Waals surface area (Å²) < 4.78 is 0. The molecule has 3 aliphatic rings. The smallest absolute Gasteiger partial charge is 0.338 e. The molecule has 3 N–H and O–H groups in total. The Morgan fingerprint density at radius 2 is 1.84 bits per heavy atom. The number of hydrogen-bond donors (Lipinski definition) is 3. The molecular weight excluding hydrogens is 406 g/mol. The molecule has 1 amide bonds. The molecule has 0 saturated carbocycles. The number of anilines is 1. The molecule has 3 heterocycles. The van der Waals surface area contributed by atoms with E-state index in [1.54, 1.807) is 24.3 Å². The highest BCUT2D eigenvalue weighted by atomic mass is 16.4. The number of ketones is 1. The van der Waals surface area contributed by atoms with Crippen molar-refractivity contribution in [1.82, 2.24) is 9.88 Å². The van der Waals surface area contributed by atoms with Crippen LogP contribution in [0.2, 0.25) is 0 Å². The summed E-state index contributed by atoms with van der Waals surface area (Å²) in [5.41, 5.74) is 4.74. The van der Waals surface area contributed by atoms with E-state index in [9.17, 15) is 19.5 Å². The Bertz CT molecular complexity index is 1140. The lowest BCUT2D eigenvalue weighted by Gasteiger charge is -2.25. The fourth-order valence-corrected chi connectivity index (χ4v) is 5.12. The first-order valence-electron chi connectivity index (χ1n) is 11.4. The second-order valence-electron chi connectivity index (χ2n) is 8.92. The fourth-order valence-electron chi connectivity index (χ4n) is 5.12. The molecule has 7 heteroatoms. The van der Waals surface area contributed by atoms with Gasteiger partial charge in [0, 0.05) is 22.5 Å². The van der Waals surface area contributed by atoms with Crippen LogP contribution in [0.15, 0.2) is 18.2 Å². The molecule has 1 aliphatic carbocycles. The molecule has 0 bridgehead atoms. The van der Waals surface area contributed by atoms with Crippen molar-refractivity contribution in [3.63, 3.8) is 0 Å². The topological polar surface area (TPSA) is 103 Å². The number of rotatable bonds is 5. The van der Waals surface area contributed by atoms with Crippen molar-refractivity contribution in [2.45, 2.75) is 44.9 Å². The number of piperidine rings is 1. The van der Waals surface area contributed by atoms with E-state index < -0.39 is 5.97 Å². The van der Waals surface area contributed by atoms with Crippen molar-refractivity contribution in [3.05, 3.63) is 51.8 Å². The third kappa shape index (κ3) is 3.77. The molecule has 1 fully saturated rings. The summed E-state index contributed by atoms with van der Waals surface area (Å²) in [5.74, 6) is -1.24. The van der Waals surface area contributed by atoms with Crippen LogP contribution in [0.4, 0.5) is 5.69 Å². The Morgan fingerprint density at radius 3 is 2.62 bits per heavy atom. The standard InChI is InChI=1S/C25H27N3O4/c29-22(14-28-10-4-1-5-11-28)15-8-9-20-17(12-15)18(24(30)27-20)13-21-23(25(31)32)16-6-2-3-7-19(16)26-21/h8-9,12-13,26H,1-7,10-11,14H2,(H,27,30)(H,31,32). The summed E-state index contributed by atoms with van der Waals surface area (Å²) in [6, 6.07) is 5.27. The molecule has 1 saturated heterocycles. The number of aryl methyl sites for hydroxylation is 1. The number of nitrogens with zero attached hydrogens (tertiary/aromatic N) is 1. The van der Waals surface area contributed by atoms with Crippen LogP contribution < -0.4 is 5.32 Å². The van der Waals surface area contributed by atoms with Crippen molar-refractivity contribution in [1.29, 1.82) is 0 Å². The Labute approximate surface area is 186 Å². The maximum absolute atomic E-state index is 12.9. The summed E-state index contributed by atoms with van der Waals surface area (Å²) in [6.45, 7) is 2.26. The van der Waals surface area contributed by atoms with Gasteiger partial charge >= 0.3 is 5.97 Å². The highest BCUT2D eigenvalue weighted by Crippen LogP contribution is 2.36. The highest BCUT2D eigenvalue weighted by molar-refractivity contribution is 6.35. The highest BCUT2D eigenvalue weighted by Gasteiger charge is 2.29. The van der Waals surface area contributed by atoms with E-state index in [0.717, 1.165) is 62.9 Å². The van der Waals surface area contributed by atoms with Crippen LogP contribution >= 0.6 is 0 Å². The van der Waals surface area contributed by atoms with E-state index in [1.807, 2.05) is 0 Å². The lowest BCUT2D eigenvalue weighted by Crippen LogP contribution is -2.34. The molecule has 5 rings (SSSR count). The number of nitrogens with one attached hydrogen (secondary N) is 2. The van der Waals surface area contributed by atoms with Crippen molar-refractivity contribution < 1.29 is 19.5 Å². The Kier molecular flexibility index (Phi) is 5.43. The van der Waals surface area contributed by atoms with E-state index in [4.69, 9.17) is 0 Å². The minimum absolute atomic E-state index is 0.0370. The van der Waals surface area contributed by atoms with E-state index in [0.29, 0.717) is 34.6 Å². The number of carbonyl (C=O) groups is 3. The van der Waals surface area contributed by atoms with E-state index in [-0.39, 0.29) is 17.3 Å².